The van der Waals surface area contributed by atoms with Crippen molar-refractivity contribution >= 4 is 41.0 Å². The molecule has 2 aliphatic rings. The molecule has 0 spiro atoms. The van der Waals surface area contributed by atoms with Crippen LogP contribution >= 0.6 is 23.4 Å². The highest BCUT2D eigenvalue weighted by molar-refractivity contribution is 7.98. The molecule has 1 aromatic carbocycles. The van der Waals surface area contributed by atoms with E-state index in [0.29, 0.717) is 47.8 Å². The molecule has 2 amide bonds. The van der Waals surface area contributed by atoms with Gasteiger partial charge >= 0.3 is 0 Å². The third-order valence-corrected chi connectivity index (χ3v) is 7.46. The van der Waals surface area contributed by atoms with Crippen LogP contribution in [-0.2, 0) is 10.5 Å². The molecule has 0 saturated carbocycles. The second kappa shape index (κ2) is 10.7. The predicted molar refractivity (Wildman–Crippen MR) is 132 cm³/mol. The van der Waals surface area contributed by atoms with E-state index in [9.17, 15) is 9.59 Å². The number of carbonyl (C=O) groups is 2. The Labute approximate surface area is 204 Å². The number of amides is 2. The van der Waals surface area contributed by atoms with Gasteiger partial charge < -0.3 is 14.7 Å². The van der Waals surface area contributed by atoms with Gasteiger partial charge in [-0.05, 0) is 36.5 Å². The summed E-state index contributed by atoms with van der Waals surface area (Å²) in [6, 6.07) is 9.54. The fraction of sp³-hybridized carbons (Fsp3) is 0.500. The molecular formula is C24H30ClN5O2S. The summed E-state index contributed by atoms with van der Waals surface area (Å²) in [7, 11) is 0. The Hall–Kier alpha value is -2.32. The molecule has 1 aromatic heterocycles. The molecule has 7 nitrogen and oxygen atoms in total. The quantitative estimate of drug-likeness (QED) is 0.361. The molecule has 0 atom stereocenters. The molecule has 33 heavy (non-hydrogen) atoms. The van der Waals surface area contributed by atoms with Crippen molar-refractivity contribution in [2.75, 3.05) is 44.2 Å². The first-order valence-corrected chi connectivity index (χ1v) is 12.8. The van der Waals surface area contributed by atoms with Gasteiger partial charge in [-0.2, -0.15) is 0 Å². The van der Waals surface area contributed by atoms with Crippen molar-refractivity contribution in [3.63, 3.8) is 0 Å². The van der Waals surface area contributed by atoms with E-state index in [0.717, 1.165) is 30.4 Å². The zero-order chi connectivity index (χ0) is 23.4. The van der Waals surface area contributed by atoms with Gasteiger partial charge in [-0.1, -0.05) is 42.4 Å². The van der Waals surface area contributed by atoms with Crippen molar-refractivity contribution in [2.45, 2.75) is 37.6 Å². The highest BCUT2D eigenvalue weighted by Gasteiger charge is 2.23. The molecule has 2 fully saturated rings. The number of anilines is 1. The number of piperazine rings is 1. The maximum atomic E-state index is 12.8. The largest absolute Gasteiger partial charge is 0.356 e. The van der Waals surface area contributed by atoms with Crippen molar-refractivity contribution in [1.29, 1.82) is 0 Å². The minimum Gasteiger partial charge on any atom is -0.356 e. The number of benzene rings is 1. The van der Waals surface area contributed by atoms with Crippen molar-refractivity contribution in [1.82, 2.24) is 19.8 Å². The molecule has 4 rings (SSSR count). The SMILES string of the molecule is CC(=O)N1CCN(C(=O)c2ccc(CSc3nc(Cl)cc(N4CCC(C)CC4)n3)cc2)CC1. The van der Waals surface area contributed by atoms with Gasteiger partial charge in [0.05, 0.1) is 0 Å². The molecular weight excluding hydrogens is 458 g/mol. The van der Waals surface area contributed by atoms with Crippen LogP contribution in [-0.4, -0.2) is 70.9 Å². The van der Waals surface area contributed by atoms with Crippen LogP contribution in [0.2, 0.25) is 5.15 Å². The zero-order valence-electron chi connectivity index (χ0n) is 19.2. The number of hydrogen-bond donors (Lipinski definition) is 0. The fourth-order valence-corrected chi connectivity index (χ4v) is 5.19. The summed E-state index contributed by atoms with van der Waals surface area (Å²) in [5.41, 5.74) is 1.76. The van der Waals surface area contributed by atoms with Crippen molar-refractivity contribution in [3.8, 4) is 0 Å². The number of aromatic nitrogens is 2. The van der Waals surface area contributed by atoms with E-state index in [2.05, 4.69) is 16.8 Å². The molecule has 2 aliphatic heterocycles. The molecule has 3 heterocycles. The summed E-state index contributed by atoms with van der Waals surface area (Å²) in [5.74, 6) is 2.42. The van der Waals surface area contributed by atoms with Crippen LogP contribution in [0.5, 0.6) is 0 Å². The van der Waals surface area contributed by atoms with Gasteiger partial charge in [0.15, 0.2) is 5.16 Å². The summed E-state index contributed by atoms with van der Waals surface area (Å²) < 4.78 is 0. The number of rotatable bonds is 5. The van der Waals surface area contributed by atoms with Crippen molar-refractivity contribution in [3.05, 3.63) is 46.6 Å². The number of thioether (sulfide) groups is 1. The second-order valence-corrected chi connectivity index (χ2v) is 10.1. The fourth-order valence-electron chi connectivity index (χ4n) is 4.15. The van der Waals surface area contributed by atoms with Gasteiger partial charge in [-0.25, -0.2) is 9.97 Å². The van der Waals surface area contributed by atoms with Crippen LogP contribution in [0.1, 0.15) is 42.6 Å². The maximum Gasteiger partial charge on any atom is 0.253 e. The van der Waals surface area contributed by atoms with Crippen LogP contribution in [0.4, 0.5) is 5.82 Å². The minimum absolute atomic E-state index is 0.0103. The lowest BCUT2D eigenvalue weighted by Gasteiger charge is -2.34. The molecule has 0 unspecified atom stereocenters. The molecule has 0 N–H and O–H groups in total. The Bertz CT molecular complexity index is 987. The topological polar surface area (TPSA) is 69.6 Å². The first-order valence-electron chi connectivity index (χ1n) is 11.4. The van der Waals surface area contributed by atoms with E-state index in [1.165, 1.54) is 12.8 Å². The van der Waals surface area contributed by atoms with Gasteiger partial charge in [-0.3, -0.25) is 9.59 Å². The van der Waals surface area contributed by atoms with E-state index in [-0.39, 0.29) is 11.8 Å². The molecule has 176 valence electrons. The van der Waals surface area contributed by atoms with Gasteiger partial charge in [0.2, 0.25) is 5.91 Å². The molecule has 0 bridgehead atoms. The highest BCUT2D eigenvalue weighted by atomic mass is 35.5. The lowest BCUT2D eigenvalue weighted by Crippen LogP contribution is -2.50. The standard InChI is InChI=1S/C24H30ClN5O2S/c1-17-7-9-29(10-8-17)22-15-21(25)26-24(27-22)33-16-19-3-5-20(6-4-19)23(32)30-13-11-28(12-14-30)18(2)31/h3-6,15,17H,7-14,16H2,1-2H3. The summed E-state index contributed by atoms with van der Waals surface area (Å²) in [5, 5.41) is 1.13. The van der Waals surface area contributed by atoms with Gasteiger partial charge in [0.1, 0.15) is 11.0 Å². The first-order chi connectivity index (χ1) is 15.9. The Kier molecular flexibility index (Phi) is 7.75. The second-order valence-electron chi connectivity index (χ2n) is 8.78. The van der Waals surface area contributed by atoms with Crippen LogP contribution in [0, 0.1) is 5.92 Å². The molecule has 2 aromatic rings. The summed E-state index contributed by atoms with van der Waals surface area (Å²) in [6.45, 7) is 8.18. The number of nitrogens with zero attached hydrogens (tertiary/aromatic N) is 5. The van der Waals surface area contributed by atoms with Gasteiger partial charge in [-0.15, -0.1) is 0 Å². The lowest BCUT2D eigenvalue weighted by molar-refractivity contribution is -0.130. The van der Waals surface area contributed by atoms with E-state index in [1.54, 1.807) is 23.6 Å². The van der Waals surface area contributed by atoms with Gasteiger partial charge in [0, 0.05) is 63.6 Å². The Morgan fingerprint density at radius 2 is 1.64 bits per heavy atom. The van der Waals surface area contributed by atoms with Gasteiger partial charge in [0.25, 0.3) is 5.91 Å². The number of hydrogen-bond acceptors (Lipinski definition) is 6. The van der Waals surface area contributed by atoms with Crippen LogP contribution in [0.25, 0.3) is 0 Å². The smallest absolute Gasteiger partial charge is 0.253 e. The molecule has 0 aliphatic carbocycles. The Morgan fingerprint density at radius 1 is 1.00 bits per heavy atom. The van der Waals surface area contributed by atoms with E-state index in [4.69, 9.17) is 16.6 Å². The average molecular weight is 488 g/mol. The Morgan fingerprint density at radius 3 is 2.27 bits per heavy atom. The predicted octanol–water partition coefficient (Wildman–Crippen LogP) is 3.96. The molecule has 0 radical (unpaired) electrons. The van der Waals surface area contributed by atoms with Crippen LogP contribution < -0.4 is 4.90 Å². The van der Waals surface area contributed by atoms with E-state index in [1.807, 2.05) is 35.2 Å². The van der Waals surface area contributed by atoms with Crippen molar-refractivity contribution < 1.29 is 9.59 Å². The van der Waals surface area contributed by atoms with Crippen LogP contribution in [0.3, 0.4) is 0 Å². The van der Waals surface area contributed by atoms with Crippen molar-refractivity contribution in [2.24, 2.45) is 5.92 Å². The average Bonchev–Trinajstić information content (AvgIpc) is 2.83. The zero-order valence-corrected chi connectivity index (χ0v) is 20.7. The number of carbonyl (C=O) groups excluding carboxylic acids is 2. The normalized spacial score (nSPS) is 17.4. The monoisotopic (exact) mass is 487 g/mol. The van der Waals surface area contributed by atoms with E-state index >= 15 is 0 Å². The molecule has 9 heteroatoms. The third-order valence-electron chi connectivity index (χ3n) is 6.35. The minimum atomic E-state index is 0.0103. The number of halogens is 1. The molecule has 2 saturated heterocycles. The third kappa shape index (κ3) is 6.18. The summed E-state index contributed by atoms with van der Waals surface area (Å²) >= 11 is 7.83. The summed E-state index contributed by atoms with van der Waals surface area (Å²) in [6.07, 6.45) is 2.34. The summed E-state index contributed by atoms with van der Waals surface area (Å²) in [4.78, 5) is 39.3. The number of piperidine rings is 1. The first kappa shape index (κ1) is 23.8. The van der Waals surface area contributed by atoms with Crippen LogP contribution in [0.15, 0.2) is 35.5 Å². The maximum absolute atomic E-state index is 12.8. The lowest BCUT2D eigenvalue weighted by atomic mass is 9.99. The Balaban J connectivity index is 1.33. The van der Waals surface area contributed by atoms with E-state index < -0.39 is 0 Å². The highest BCUT2D eigenvalue weighted by Crippen LogP contribution is 2.27.